The van der Waals surface area contributed by atoms with Crippen LogP contribution in [0.1, 0.15) is 24.9 Å². The van der Waals surface area contributed by atoms with E-state index in [-0.39, 0.29) is 12.5 Å². The van der Waals surface area contributed by atoms with Crippen molar-refractivity contribution in [1.82, 2.24) is 4.90 Å². The Morgan fingerprint density at radius 2 is 2.25 bits per heavy atom. The number of hydrogen-bond acceptors (Lipinski definition) is 3. The first-order valence-electron chi connectivity index (χ1n) is 5.46. The molecule has 90 valence electrons. The third-order valence-electron chi connectivity index (χ3n) is 2.73. The van der Waals surface area contributed by atoms with Crippen LogP contribution in [-0.4, -0.2) is 35.6 Å². The molecule has 1 aromatic rings. The van der Waals surface area contributed by atoms with Crippen LogP contribution in [0.25, 0.3) is 0 Å². The molecule has 16 heavy (non-hydrogen) atoms. The number of aliphatic carboxylic acids is 1. The highest BCUT2D eigenvalue weighted by Crippen LogP contribution is 2.09. The molecule has 0 fully saturated rings. The number of furan rings is 1. The predicted octanol–water partition coefficient (Wildman–Crippen LogP) is 1.93. The van der Waals surface area contributed by atoms with Crippen molar-refractivity contribution in [1.29, 1.82) is 0 Å². The summed E-state index contributed by atoms with van der Waals surface area (Å²) in [5.41, 5.74) is 0. The van der Waals surface area contributed by atoms with Crippen molar-refractivity contribution in [3.05, 3.63) is 23.7 Å². The van der Waals surface area contributed by atoms with E-state index in [0.29, 0.717) is 0 Å². The van der Waals surface area contributed by atoms with Gasteiger partial charge in [0.25, 0.3) is 0 Å². The highest BCUT2D eigenvalue weighted by molar-refractivity contribution is 5.67. The largest absolute Gasteiger partial charge is 0.481 e. The van der Waals surface area contributed by atoms with Gasteiger partial charge in [0.05, 0.1) is 6.42 Å². The summed E-state index contributed by atoms with van der Waals surface area (Å²) in [6.45, 7) is 4.64. The van der Waals surface area contributed by atoms with Crippen LogP contribution in [0, 0.1) is 6.92 Å². The number of carboxylic acids is 1. The zero-order chi connectivity index (χ0) is 12.1. The molecule has 1 rings (SSSR count). The molecule has 0 amide bonds. The minimum atomic E-state index is -0.756. The molecule has 4 heteroatoms. The molecule has 4 nitrogen and oxygen atoms in total. The summed E-state index contributed by atoms with van der Waals surface area (Å²) in [6, 6.07) is 3.95. The van der Waals surface area contributed by atoms with Crippen molar-refractivity contribution in [2.24, 2.45) is 0 Å². The maximum absolute atomic E-state index is 10.5. The summed E-state index contributed by atoms with van der Waals surface area (Å²) in [5, 5.41) is 8.68. The van der Waals surface area contributed by atoms with Gasteiger partial charge in [0.15, 0.2) is 0 Å². The van der Waals surface area contributed by atoms with Gasteiger partial charge in [0.1, 0.15) is 11.5 Å². The highest BCUT2D eigenvalue weighted by Gasteiger charge is 2.13. The average molecular weight is 225 g/mol. The van der Waals surface area contributed by atoms with E-state index >= 15 is 0 Å². The van der Waals surface area contributed by atoms with Crippen molar-refractivity contribution >= 4 is 5.97 Å². The molecule has 0 radical (unpaired) electrons. The van der Waals surface area contributed by atoms with Crippen LogP contribution in [0.3, 0.4) is 0 Å². The summed E-state index contributed by atoms with van der Waals surface area (Å²) in [4.78, 5) is 12.6. The highest BCUT2D eigenvalue weighted by atomic mass is 16.4. The third kappa shape index (κ3) is 4.06. The van der Waals surface area contributed by atoms with E-state index in [2.05, 4.69) is 0 Å². The fourth-order valence-electron chi connectivity index (χ4n) is 1.53. The Morgan fingerprint density at radius 1 is 1.56 bits per heavy atom. The van der Waals surface area contributed by atoms with Crippen LogP contribution in [0.15, 0.2) is 16.5 Å². The SMILES string of the molecule is Cc1ccc(CCN(C)C(C)CC(=O)O)o1. The van der Waals surface area contributed by atoms with E-state index in [0.717, 1.165) is 24.5 Å². The van der Waals surface area contributed by atoms with Crippen molar-refractivity contribution in [2.75, 3.05) is 13.6 Å². The van der Waals surface area contributed by atoms with E-state index in [1.165, 1.54) is 0 Å². The normalized spacial score (nSPS) is 13.0. The standard InChI is InChI=1S/C12H19NO3/c1-9(8-12(14)15)13(3)7-6-11-5-4-10(2)16-11/h4-5,9H,6-8H2,1-3H3,(H,14,15). The molecule has 1 N–H and O–H groups in total. The zero-order valence-corrected chi connectivity index (χ0v) is 10.1. The van der Waals surface area contributed by atoms with Gasteiger partial charge in [0, 0.05) is 19.0 Å². The molecule has 0 saturated heterocycles. The maximum Gasteiger partial charge on any atom is 0.304 e. The molecule has 0 aliphatic heterocycles. The number of nitrogens with zero attached hydrogens (tertiary/aromatic N) is 1. The third-order valence-corrected chi connectivity index (χ3v) is 2.73. The number of aryl methyl sites for hydroxylation is 1. The zero-order valence-electron chi connectivity index (χ0n) is 10.1. The van der Waals surface area contributed by atoms with E-state index in [4.69, 9.17) is 9.52 Å². The molecule has 0 aliphatic carbocycles. The maximum atomic E-state index is 10.5. The van der Waals surface area contributed by atoms with Crippen LogP contribution in [0.2, 0.25) is 0 Å². The Morgan fingerprint density at radius 3 is 2.75 bits per heavy atom. The molecule has 0 bridgehead atoms. The van der Waals surface area contributed by atoms with Crippen molar-refractivity contribution in [3.8, 4) is 0 Å². The van der Waals surface area contributed by atoms with Gasteiger partial charge in [-0.25, -0.2) is 0 Å². The summed E-state index contributed by atoms with van der Waals surface area (Å²) < 4.78 is 5.45. The molecular weight excluding hydrogens is 206 g/mol. The lowest BCUT2D eigenvalue weighted by Gasteiger charge is -2.22. The number of carbonyl (C=O) groups is 1. The molecule has 1 unspecified atom stereocenters. The first-order chi connectivity index (χ1) is 7.49. The Labute approximate surface area is 95.9 Å². The number of likely N-dealkylation sites (N-methyl/N-ethyl adjacent to an activating group) is 1. The fraction of sp³-hybridized carbons (Fsp3) is 0.583. The fourth-order valence-corrected chi connectivity index (χ4v) is 1.53. The molecule has 0 spiro atoms. The van der Waals surface area contributed by atoms with Gasteiger partial charge in [-0.3, -0.25) is 4.79 Å². The van der Waals surface area contributed by atoms with E-state index in [9.17, 15) is 4.79 Å². The minimum absolute atomic E-state index is 0.0496. The summed E-state index contributed by atoms with van der Waals surface area (Å²) in [6.07, 6.45) is 0.988. The second-order valence-electron chi connectivity index (χ2n) is 4.19. The Hall–Kier alpha value is -1.29. The van der Waals surface area contributed by atoms with E-state index < -0.39 is 5.97 Å². The quantitative estimate of drug-likeness (QED) is 0.803. The van der Waals surface area contributed by atoms with Gasteiger partial charge in [-0.15, -0.1) is 0 Å². The van der Waals surface area contributed by atoms with Gasteiger partial charge in [0.2, 0.25) is 0 Å². The van der Waals surface area contributed by atoms with Gasteiger partial charge < -0.3 is 14.4 Å². The second kappa shape index (κ2) is 5.70. The lowest BCUT2D eigenvalue weighted by atomic mass is 10.2. The Kier molecular flexibility index (Phi) is 4.55. The van der Waals surface area contributed by atoms with Gasteiger partial charge in [-0.2, -0.15) is 0 Å². The minimum Gasteiger partial charge on any atom is -0.481 e. The molecule has 1 heterocycles. The smallest absolute Gasteiger partial charge is 0.304 e. The molecule has 1 atom stereocenters. The first kappa shape index (κ1) is 12.8. The summed E-state index contributed by atoms with van der Waals surface area (Å²) in [5.74, 6) is 1.11. The second-order valence-corrected chi connectivity index (χ2v) is 4.19. The Balaban J connectivity index is 2.34. The van der Waals surface area contributed by atoms with Crippen molar-refractivity contribution in [2.45, 2.75) is 32.7 Å². The molecule has 0 aliphatic rings. The number of carboxylic acid groups (broad SMARTS) is 1. The molecular formula is C12H19NO3. The average Bonchev–Trinajstić information content (AvgIpc) is 2.59. The number of hydrogen-bond donors (Lipinski definition) is 1. The summed E-state index contributed by atoms with van der Waals surface area (Å²) in [7, 11) is 1.93. The van der Waals surface area contributed by atoms with Gasteiger partial charge in [-0.1, -0.05) is 0 Å². The number of rotatable bonds is 6. The molecule has 0 aromatic carbocycles. The van der Waals surface area contributed by atoms with E-state index in [1.807, 2.05) is 37.9 Å². The lowest BCUT2D eigenvalue weighted by Crippen LogP contribution is -2.32. The topological polar surface area (TPSA) is 53.7 Å². The van der Waals surface area contributed by atoms with Gasteiger partial charge in [-0.05, 0) is 33.0 Å². The summed E-state index contributed by atoms with van der Waals surface area (Å²) >= 11 is 0. The van der Waals surface area contributed by atoms with Gasteiger partial charge >= 0.3 is 5.97 Å². The van der Waals surface area contributed by atoms with Crippen molar-refractivity contribution < 1.29 is 14.3 Å². The first-order valence-corrected chi connectivity index (χ1v) is 5.46. The Bertz CT molecular complexity index is 346. The van der Waals surface area contributed by atoms with Crippen LogP contribution < -0.4 is 0 Å². The monoisotopic (exact) mass is 225 g/mol. The lowest BCUT2D eigenvalue weighted by molar-refractivity contribution is -0.138. The predicted molar refractivity (Wildman–Crippen MR) is 61.5 cm³/mol. The van der Waals surface area contributed by atoms with Crippen LogP contribution in [0.5, 0.6) is 0 Å². The molecule has 1 aromatic heterocycles. The van der Waals surface area contributed by atoms with E-state index in [1.54, 1.807) is 0 Å². The van der Waals surface area contributed by atoms with Crippen molar-refractivity contribution in [3.63, 3.8) is 0 Å². The van der Waals surface area contributed by atoms with Crippen LogP contribution in [-0.2, 0) is 11.2 Å². The molecule has 0 saturated carbocycles. The van der Waals surface area contributed by atoms with Crippen LogP contribution in [0.4, 0.5) is 0 Å². The van der Waals surface area contributed by atoms with Crippen LogP contribution >= 0.6 is 0 Å².